The minimum Gasteiger partial charge on any atom is -0.343 e. The summed E-state index contributed by atoms with van der Waals surface area (Å²) < 4.78 is 27.8. The van der Waals surface area contributed by atoms with Crippen molar-refractivity contribution in [2.45, 2.75) is 37.5 Å². The van der Waals surface area contributed by atoms with Gasteiger partial charge in [0, 0.05) is 18.8 Å². The maximum absolute atomic E-state index is 13.1. The molecule has 0 spiro atoms. The molecule has 7 nitrogen and oxygen atoms in total. The molecule has 2 aromatic rings. The van der Waals surface area contributed by atoms with Crippen LogP contribution in [0.1, 0.15) is 41.6 Å². The number of rotatable bonds is 6. The smallest absolute Gasteiger partial charge is 0.253 e. The number of hydrogen-bond acceptors (Lipinski definition) is 4. The molecule has 0 bridgehead atoms. The minimum absolute atomic E-state index is 0.187. The van der Waals surface area contributed by atoms with Gasteiger partial charge < -0.3 is 10.6 Å². The second-order valence-corrected chi connectivity index (χ2v) is 9.82. The van der Waals surface area contributed by atoms with E-state index in [9.17, 15) is 18.0 Å². The van der Waals surface area contributed by atoms with Crippen molar-refractivity contribution in [1.82, 2.24) is 9.62 Å². The average molecular weight is 464 g/mol. The molecular weight excluding hydrogens is 438 g/mol. The number of aryl methyl sites for hydroxylation is 1. The van der Waals surface area contributed by atoms with E-state index in [0.717, 1.165) is 25.7 Å². The average Bonchev–Trinajstić information content (AvgIpc) is 3.04. The van der Waals surface area contributed by atoms with E-state index in [1.54, 1.807) is 43.3 Å². The molecule has 1 saturated heterocycles. The Hall–Kier alpha value is -2.42. The first-order valence-corrected chi connectivity index (χ1v) is 12.0. The molecule has 166 valence electrons. The summed E-state index contributed by atoms with van der Waals surface area (Å²) >= 11 is 5.99. The van der Waals surface area contributed by atoms with Gasteiger partial charge in [-0.15, -0.1) is 0 Å². The third-order valence-electron chi connectivity index (χ3n) is 5.18. The van der Waals surface area contributed by atoms with Crippen molar-refractivity contribution in [2.75, 3.05) is 25.0 Å². The fraction of sp³-hybridized carbons (Fsp3) is 0.364. The predicted molar refractivity (Wildman–Crippen MR) is 121 cm³/mol. The van der Waals surface area contributed by atoms with Gasteiger partial charge in [0.2, 0.25) is 15.9 Å². The van der Waals surface area contributed by atoms with E-state index in [0.29, 0.717) is 29.4 Å². The zero-order valence-corrected chi connectivity index (χ0v) is 18.9. The normalized spacial score (nSPS) is 15.2. The summed E-state index contributed by atoms with van der Waals surface area (Å²) in [5, 5.41) is 5.46. The molecule has 2 N–H and O–H groups in total. The van der Waals surface area contributed by atoms with E-state index < -0.39 is 21.8 Å². The summed E-state index contributed by atoms with van der Waals surface area (Å²) in [6.45, 7) is 2.48. The minimum atomic E-state index is -3.64. The molecule has 0 aromatic heterocycles. The zero-order chi connectivity index (χ0) is 22.4. The molecular formula is C22H26ClN3O4S. The fourth-order valence-electron chi connectivity index (χ4n) is 3.48. The van der Waals surface area contributed by atoms with Gasteiger partial charge in [-0.3, -0.25) is 9.59 Å². The monoisotopic (exact) mass is 463 g/mol. The Labute approximate surface area is 187 Å². The summed E-state index contributed by atoms with van der Waals surface area (Å²) in [7, 11) is -3.64. The summed E-state index contributed by atoms with van der Waals surface area (Å²) in [5.74, 6) is -0.934. The topological polar surface area (TPSA) is 95.6 Å². The van der Waals surface area contributed by atoms with Crippen molar-refractivity contribution in [1.29, 1.82) is 0 Å². The predicted octanol–water partition coefficient (Wildman–Crippen LogP) is 3.58. The number of benzene rings is 2. The first-order chi connectivity index (χ1) is 14.8. The zero-order valence-electron chi connectivity index (χ0n) is 17.4. The highest BCUT2D eigenvalue weighted by Crippen LogP contribution is 2.25. The Balaban J connectivity index is 1.67. The first kappa shape index (κ1) is 23.2. The molecule has 1 aliphatic rings. The molecule has 2 amide bonds. The maximum Gasteiger partial charge on any atom is 0.253 e. The van der Waals surface area contributed by atoms with Gasteiger partial charge in [-0.2, -0.15) is 4.31 Å². The van der Waals surface area contributed by atoms with Gasteiger partial charge in [0.25, 0.3) is 5.91 Å². The number of halogens is 1. The molecule has 0 radical (unpaired) electrons. The van der Waals surface area contributed by atoms with Crippen LogP contribution in [0.5, 0.6) is 0 Å². The van der Waals surface area contributed by atoms with Crippen LogP contribution >= 0.6 is 11.6 Å². The molecule has 0 aliphatic carbocycles. The second kappa shape index (κ2) is 10.3. The molecule has 2 aromatic carbocycles. The summed E-state index contributed by atoms with van der Waals surface area (Å²) in [5.41, 5.74) is 1.25. The van der Waals surface area contributed by atoms with Gasteiger partial charge in [-0.25, -0.2) is 8.42 Å². The van der Waals surface area contributed by atoms with Gasteiger partial charge in [0.05, 0.1) is 22.0 Å². The fourth-order valence-corrected chi connectivity index (χ4v) is 5.47. The number of amides is 2. The molecule has 0 unspecified atom stereocenters. The van der Waals surface area contributed by atoms with Crippen molar-refractivity contribution < 1.29 is 18.0 Å². The molecule has 1 fully saturated rings. The van der Waals surface area contributed by atoms with Crippen LogP contribution in [0.25, 0.3) is 0 Å². The van der Waals surface area contributed by atoms with Crippen molar-refractivity contribution in [2.24, 2.45) is 0 Å². The van der Waals surface area contributed by atoms with Crippen LogP contribution in [0.4, 0.5) is 5.69 Å². The molecule has 9 heteroatoms. The lowest BCUT2D eigenvalue weighted by Crippen LogP contribution is -2.33. The maximum atomic E-state index is 13.1. The lowest BCUT2D eigenvalue weighted by Gasteiger charge is -2.21. The highest BCUT2D eigenvalue weighted by atomic mass is 35.5. The van der Waals surface area contributed by atoms with Crippen LogP contribution in [-0.2, 0) is 14.8 Å². The largest absolute Gasteiger partial charge is 0.343 e. The third kappa shape index (κ3) is 5.84. The molecule has 31 heavy (non-hydrogen) atoms. The number of nitrogens with one attached hydrogen (secondary N) is 2. The molecule has 0 atom stereocenters. The van der Waals surface area contributed by atoms with Crippen molar-refractivity contribution in [3.8, 4) is 0 Å². The van der Waals surface area contributed by atoms with E-state index in [-0.39, 0.29) is 17.0 Å². The van der Waals surface area contributed by atoms with E-state index in [2.05, 4.69) is 10.6 Å². The Morgan fingerprint density at radius 3 is 2.39 bits per heavy atom. The Morgan fingerprint density at radius 1 is 1.03 bits per heavy atom. The van der Waals surface area contributed by atoms with E-state index in [4.69, 9.17) is 11.6 Å². The van der Waals surface area contributed by atoms with Crippen LogP contribution in [0, 0.1) is 6.92 Å². The number of nitrogens with zero attached hydrogens (tertiary/aromatic N) is 1. The number of sulfonamides is 1. The lowest BCUT2D eigenvalue weighted by molar-refractivity contribution is -0.115. The second-order valence-electron chi connectivity index (χ2n) is 7.51. The van der Waals surface area contributed by atoms with E-state index in [1.165, 1.54) is 10.4 Å². The van der Waals surface area contributed by atoms with Gasteiger partial charge >= 0.3 is 0 Å². The van der Waals surface area contributed by atoms with Crippen molar-refractivity contribution in [3.63, 3.8) is 0 Å². The molecule has 3 rings (SSSR count). The van der Waals surface area contributed by atoms with Crippen LogP contribution in [0.3, 0.4) is 0 Å². The van der Waals surface area contributed by atoms with Crippen LogP contribution < -0.4 is 10.6 Å². The van der Waals surface area contributed by atoms with Gasteiger partial charge in [-0.1, -0.05) is 42.6 Å². The summed E-state index contributed by atoms with van der Waals surface area (Å²) in [6, 6.07) is 11.3. The van der Waals surface area contributed by atoms with Crippen molar-refractivity contribution >= 4 is 39.1 Å². The Morgan fingerprint density at radius 2 is 1.71 bits per heavy atom. The SMILES string of the molecule is Cc1ccc(NC(=O)CNC(=O)c2ccccc2Cl)cc1S(=O)(=O)N1CCCCCC1. The third-order valence-corrected chi connectivity index (χ3v) is 7.55. The molecule has 0 saturated carbocycles. The van der Waals surface area contributed by atoms with Gasteiger partial charge in [0.1, 0.15) is 0 Å². The number of anilines is 1. The number of carbonyl (C=O) groups excluding carboxylic acids is 2. The van der Waals surface area contributed by atoms with Gasteiger partial charge in [0.15, 0.2) is 0 Å². The van der Waals surface area contributed by atoms with Crippen LogP contribution in [0.15, 0.2) is 47.4 Å². The molecule has 1 heterocycles. The van der Waals surface area contributed by atoms with E-state index in [1.807, 2.05) is 0 Å². The van der Waals surface area contributed by atoms with E-state index >= 15 is 0 Å². The van der Waals surface area contributed by atoms with Crippen LogP contribution in [0.2, 0.25) is 5.02 Å². The highest BCUT2D eigenvalue weighted by Gasteiger charge is 2.27. The Bertz CT molecular complexity index is 1060. The summed E-state index contributed by atoms with van der Waals surface area (Å²) in [6.07, 6.45) is 3.75. The van der Waals surface area contributed by atoms with Gasteiger partial charge in [-0.05, 0) is 49.6 Å². The number of hydrogen-bond donors (Lipinski definition) is 2. The first-order valence-electron chi connectivity index (χ1n) is 10.2. The standard InChI is InChI=1S/C22H26ClN3O4S/c1-16-10-11-17(14-20(16)31(29,30)26-12-6-2-3-7-13-26)25-21(27)15-24-22(28)18-8-4-5-9-19(18)23/h4-5,8-11,14H,2-3,6-7,12-13,15H2,1H3,(H,24,28)(H,25,27). The van der Waals surface area contributed by atoms with Crippen LogP contribution in [-0.4, -0.2) is 44.2 Å². The molecule has 1 aliphatic heterocycles. The quantitative estimate of drug-likeness (QED) is 0.684. The number of carbonyl (C=O) groups is 2. The van der Waals surface area contributed by atoms with Crippen molar-refractivity contribution in [3.05, 3.63) is 58.6 Å². The Kier molecular flexibility index (Phi) is 7.69. The summed E-state index contributed by atoms with van der Waals surface area (Å²) in [4.78, 5) is 24.7. The lowest BCUT2D eigenvalue weighted by atomic mass is 10.2. The highest BCUT2D eigenvalue weighted by molar-refractivity contribution is 7.89.